The zero-order valence-electron chi connectivity index (χ0n) is 7.41. The van der Waals surface area contributed by atoms with Crippen LogP contribution < -0.4 is 5.32 Å². The molecule has 0 bridgehead atoms. The lowest BCUT2D eigenvalue weighted by Gasteiger charge is -2.05. The fourth-order valence-corrected chi connectivity index (χ4v) is 2.35. The molecule has 13 heavy (non-hydrogen) atoms. The lowest BCUT2D eigenvalue weighted by Crippen LogP contribution is -2.28. The van der Waals surface area contributed by atoms with E-state index in [2.05, 4.69) is 17.4 Å². The minimum Gasteiger partial charge on any atom is -0.351 e. The van der Waals surface area contributed by atoms with Gasteiger partial charge >= 0.3 is 0 Å². The maximum Gasteiger partial charge on any atom is 0.233 e. The SMILES string of the molecule is CC1Sc2ccccc2CNC1=O. The average Bonchev–Trinajstić information content (AvgIpc) is 2.28. The van der Waals surface area contributed by atoms with E-state index in [0.717, 1.165) is 0 Å². The summed E-state index contributed by atoms with van der Waals surface area (Å²) in [6, 6.07) is 8.13. The Morgan fingerprint density at radius 3 is 3.08 bits per heavy atom. The zero-order valence-corrected chi connectivity index (χ0v) is 8.23. The summed E-state index contributed by atoms with van der Waals surface area (Å²) in [6.45, 7) is 2.59. The minimum atomic E-state index is 0.0173. The maximum absolute atomic E-state index is 11.4. The predicted octanol–water partition coefficient (Wildman–Crippen LogP) is 1.80. The topological polar surface area (TPSA) is 29.1 Å². The van der Waals surface area contributed by atoms with Crippen LogP contribution in [0.3, 0.4) is 0 Å². The van der Waals surface area contributed by atoms with Crippen molar-refractivity contribution in [3.05, 3.63) is 29.8 Å². The third-order valence-electron chi connectivity index (χ3n) is 2.10. The van der Waals surface area contributed by atoms with Gasteiger partial charge in [0.1, 0.15) is 0 Å². The Labute approximate surface area is 81.7 Å². The molecule has 1 aromatic rings. The summed E-state index contributed by atoms with van der Waals surface area (Å²) >= 11 is 1.63. The molecule has 1 unspecified atom stereocenters. The van der Waals surface area contributed by atoms with Crippen LogP contribution >= 0.6 is 11.8 Å². The summed E-state index contributed by atoms with van der Waals surface area (Å²) in [5.74, 6) is 0.126. The molecule has 1 N–H and O–H groups in total. The number of hydrogen-bond acceptors (Lipinski definition) is 2. The van der Waals surface area contributed by atoms with E-state index in [4.69, 9.17) is 0 Å². The van der Waals surface area contributed by atoms with Crippen LogP contribution in [0.5, 0.6) is 0 Å². The van der Waals surface area contributed by atoms with Gasteiger partial charge in [0.25, 0.3) is 0 Å². The first kappa shape index (κ1) is 8.63. The Morgan fingerprint density at radius 1 is 1.46 bits per heavy atom. The van der Waals surface area contributed by atoms with E-state index in [0.29, 0.717) is 6.54 Å². The van der Waals surface area contributed by atoms with E-state index in [-0.39, 0.29) is 11.2 Å². The normalized spacial score (nSPS) is 21.6. The van der Waals surface area contributed by atoms with Crippen LogP contribution in [0.25, 0.3) is 0 Å². The number of benzene rings is 1. The highest BCUT2D eigenvalue weighted by atomic mass is 32.2. The van der Waals surface area contributed by atoms with Crippen LogP contribution in [0.15, 0.2) is 29.2 Å². The molecule has 1 amide bonds. The van der Waals surface area contributed by atoms with Crippen molar-refractivity contribution in [3.63, 3.8) is 0 Å². The first-order valence-corrected chi connectivity index (χ1v) is 5.17. The molecule has 2 nitrogen and oxygen atoms in total. The molecule has 1 atom stereocenters. The fraction of sp³-hybridized carbons (Fsp3) is 0.300. The van der Waals surface area contributed by atoms with E-state index in [1.807, 2.05) is 19.1 Å². The van der Waals surface area contributed by atoms with E-state index >= 15 is 0 Å². The third kappa shape index (κ3) is 1.70. The van der Waals surface area contributed by atoms with Crippen LogP contribution in [0.4, 0.5) is 0 Å². The van der Waals surface area contributed by atoms with E-state index in [1.165, 1.54) is 10.5 Å². The van der Waals surface area contributed by atoms with Crippen LogP contribution in [-0.4, -0.2) is 11.2 Å². The van der Waals surface area contributed by atoms with Gasteiger partial charge in [-0.25, -0.2) is 0 Å². The van der Waals surface area contributed by atoms with Crippen molar-refractivity contribution < 1.29 is 4.79 Å². The predicted molar refractivity (Wildman–Crippen MR) is 53.6 cm³/mol. The molecule has 0 saturated heterocycles. The third-order valence-corrected chi connectivity index (χ3v) is 3.32. The van der Waals surface area contributed by atoms with Crippen LogP contribution in [-0.2, 0) is 11.3 Å². The second-order valence-corrected chi connectivity index (χ2v) is 4.47. The van der Waals surface area contributed by atoms with Crippen molar-refractivity contribution in [1.82, 2.24) is 5.32 Å². The largest absolute Gasteiger partial charge is 0.351 e. The highest BCUT2D eigenvalue weighted by Crippen LogP contribution is 2.28. The Hall–Kier alpha value is -0.960. The quantitative estimate of drug-likeness (QED) is 0.680. The molecule has 0 aromatic heterocycles. The summed E-state index contributed by atoms with van der Waals surface area (Å²) in [7, 11) is 0. The van der Waals surface area contributed by atoms with Gasteiger partial charge in [-0.15, -0.1) is 11.8 Å². The summed E-state index contributed by atoms with van der Waals surface area (Å²) in [5, 5.41) is 2.91. The van der Waals surface area contributed by atoms with Gasteiger partial charge in [0.2, 0.25) is 5.91 Å². The van der Waals surface area contributed by atoms with Crippen molar-refractivity contribution in [3.8, 4) is 0 Å². The zero-order chi connectivity index (χ0) is 9.26. The Balaban J connectivity index is 2.35. The number of fused-ring (bicyclic) bond motifs is 1. The van der Waals surface area contributed by atoms with Gasteiger partial charge in [0, 0.05) is 11.4 Å². The van der Waals surface area contributed by atoms with Crippen molar-refractivity contribution in [1.29, 1.82) is 0 Å². The molecule has 0 radical (unpaired) electrons. The van der Waals surface area contributed by atoms with Gasteiger partial charge in [-0.2, -0.15) is 0 Å². The molecule has 3 heteroatoms. The monoisotopic (exact) mass is 193 g/mol. The highest BCUT2D eigenvalue weighted by molar-refractivity contribution is 8.00. The molecule has 68 valence electrons. The fourth-order valence-electron chi connectivity index (χ4n) is 1.33. The maximum atomic E-state index is 11.4. The summed E-state index contributed by atoms with van der Waals surface area (Å²) < 4.78 is 0. The second kappa shape index (κ2) is 3.42. The van der Waals surface area contributed by atoms with E-state index < -0.39 is 0 Å². The molecule has 1 aromatic carbocycles. The Bertz CT molecular complexity index is 337. The van der Waals surface area contributed by atoms with Crippen molar-refractivity contribution in [2.45, 2.75) is 23.6 Å². The van der Waals surface area contributed by atoms with Gasteiger partial charge in [0.15, 0.2) is 0 Å². The molecule has 0 aliphatic carbocycles. The van der Waals surface area contributed by atoms with Gasteiger partial charge in [0.05, 0.1) is 5.25 Å². The van der Waals surface area contributed by atoms with E-state index in [1.54, 1.807) is 11.8 Å². The van der Waals surface area contributed by atoms with Crippen LogP contribution in [0, 0.1) is 0 Å². The van der Waals surface area contributed by atoms with Gasteiger partial charge in [-0.05, 0) is 18.6 Å². The molecular formula is C10H11NOS. The average molecular weight is 193 g/mol. The van der Waals surface area contributed by atoms with Crippen LogP contribution in [0.2, 0.25) is 0 Å². The molecule has 1 heterocycles. The molecule has 0 spiro atoms. The van der Waals surface area contributed by atoms with E-state index in [9.17, 15) is 4.79 Å². The van der Waals surface area contributed by atoms with Crippen molar-refractivity contribution in [2.75, 3.05) is 0 Å². The Kier molecular flexibility index (Phi) is 2.27. The number of rotatable bonds is 0. The van der Waals surface area contributed by atoms with Crippen molar-refractivity contribution in [2.24, 2.45) is 0 Å². The summed E-state index contributed by atoms with van der Waals surface area (Å²) in [4.78, 5) is 12.6. The molecular weight excluding hydrogens is 182 g/mol. The van der Waals surface area contributed by atoms with Gasteiger partial charge < -0.3 is 5.32 Å². The molecule has 1 aliphatic heterocycles. The summed E-state index contributed by atoms with van der Waals surface area (Å²) in [6.07, 6.45) is 0. The van der Waals surface area contributed by atoms with Crippen LogP contribution in [0.1, 0.15) is 12.5 Å². The lowest BCUT2D eigenvalue weighted by molar-refractivity contribution is -0.120. The number of nitrogens with one attached hydrogen (secondary N) is 1. The number of hydrogen-bond donors (Lipinski definition) is 1. The second-order valence-electron chi connectivity index (χ2n) is 3.09. The van der Waals surface area contributed by atoms with Gasteiger partial charge in [-0.3, -0.25) is 4.79 Å². The smallest absolute Gasteiger partial charge is 0.233 e. The minimum absolute atomic E-state index is 0.0173. The first-order chi connectivity index (χ1) is 6.27. The number of amides is 1. The highest BCUT2D eigenvalue weighted by Gasteiger charge is 2.19. The summed E-state index contributed by atoms with van der Waals surface area (Å²) in [5.41, 5.74) is 1.21. The molecule has 0 fully saturated rings. The van der Waals surface area contributed by atoms with Crippen molar-refractivity contribution >= 4 is 17.7 Å². The Morgan fingerprint density at radius 2 is 2.23 bits per heavy atom. The molecule has 2 rings (SSSR count). The van der Waals surface area contributed by atoms with Gasteiger partial charge in [-0.1, -0.05) is 18.2 Å². The standard InChI is InChI=1S/C10H11NOS/c1-7-10(12)11-6-8-4-2-3-5-9(8)13-7/h2-5,7H,6H2,1H3,(H,11,12). The lowest BCUT2D eigenvalue weighted by atomic mass is 10.2. The first-order valence-electron chi connectivity index (χ1n) is 4.29. The number of carbonyl (C=O) groups is 1. The molecule has 0 saturated carbocycles. The molecule has 1 aliphatic rings. The number of carbonyl (C=O) groups excluding carboxylic acids is 1. The number of thioether (sulfide) groups is 1.